The van der Waals surface area contributed by atoms with Gasteiger partial charge in [-0.05, 0) is 32.3 Å². The lowest BCUT2D eigenvalue weighted by molar-refractivity contribution is -0.163. The van der Waals surface area contributed by atoms with Crippen LogP contribution in [0.2, 0.25) is 0 Å². The molecule has 0 radical (unpaired) electrons. The quantitative estimate of drug-likeness (QED) is 0.839. The lowest BCUT2D eigenvalue weighted by Crippen LogP contribution is -2.37. The Hall–Kier alpha value is -1.88. The zero-order valence-corrected chi connectivity index (χ0v) is 12.4. The molecule has 0 bridgehead atoms. The van der Waals surface area contributed by atoms with Crippen molar-refractivity contribution in [3.63, 3.8) is 0 Å². The van der Waals surface area contributed by atoms with E-state index in [-0.39, 0.29) is 5.91 Å². The standard InChI is InChI=1S/C16H21NO4/c1-11-5-7-13(8-6-11)10-17-15(18)12(2)21-16(19)14-4-3-9-20-14/h5-8,12,14H,3-4,9-10H2,1-2H3,(H,17,18)/t12-,14+/m0/s1. The Morgan fingerprint density at radius 2 is 2.10 bits per heavy atom. The van der Waals surface area contributed by atoms with Crippen LogP contribution in [0, 0.1) is 6.92 Å². The molecule has 2 rings (SSSR count). The number of hydrogen-bond acceptors (Lipinski definition) is 4. The van der Waals surface area contributed by atoms with E-state index in [0.29, 0.717) is 19.6 Å². The van der Waals surface area contributed by atoms with Crippen molar-refractivity contribution in [3.8, 4) is 0 Å². The van der Waals surface area contributed by atoms with Crippen molar-refractivity contribution >= 4 is 11.9 Å². The van der Waals surface area contributed by atoms with E-state index in [9.17, 15) is 9.59 Å². The predicted octanol–water partition coefficient (Wildman–Crippen LogP) is 1.72. The Balaban J connectivity index is 1.76. The second kappa shape index (κ2) is 7.22. The van der Waals surface area contributed by atoms with E-state index < -0.39 is 18.2 Å². The SMILES string of the molecule is Cc1ccc(CNC(=O)[C@H](C)OC(=O)[C@H]2CCCO2)cc1. The van der Waals surface area contributed by atoms with Crippen LogP contribution in [0.25, 0.3) is 0 Å². The Morgan fingerprint density at radius 1 is 1.38 bits per heavy atom. The molecule has 0 saturated carbocycles. The van der Waals surface area contributed by atoms with Crippen molar-refractivity contribution < 1.29 is 19.1 Å². The van der Waals surface area contributed by atoms with Gasteiger partial charge in [0.1, 0.15) is 0 Å². The van der Waals surface area contributed by atoms with Crippen LogP contribution in [0.1, 0.15) is 30.9 Å². The monoisotopic (exact) mass is 291 g/mol. The molecule has 1 saturated heterocycles. The number of carbonyl (C=O) groups excluding carboxylic acids is 2. The number of rotatable bonds is 5. The van der Waals surface area contributed by atoms with Crippen LogP contribution in [0.5, 0.6) is 0 Å². The smallest absolute Gasteiger partial charge is 0.336 e. The van der Waals surface area contributed by atoms with Gasteiger partial charge in [-0.15, -0.1) is 0 Å². The van der Waals surface area contributed by atoms with Gasteiger partial charge in [-0.1, -0.05) is 29.8 Å². The molecule has 2 atom stereocenters. The Morgan fingerprint density at radius 3 is 2.71 bits per heavy atom. The van der Waals surface area contributed by atoms with Crippen LogP contribution in [-0.4, -0.2) is 30.7 Å². The maximum absolute atomic E-state index is 11.9. The van der Waals surface area contributed by atoms with Crippen molar-refractivity contribution in [1.82, 2.24) is 5.32 Å². The van der Waals surface area contributed by atoms with Gasteiger partial charge in [-0.2, -0.15) is 0 Å². The molecule has 0 aliphatic carbocycles. The summed E-state index contributed by atoms with van der Waals surface area (Å²) in [6.07, 6.45) is 0.189. The minimum atomic E-state index is -0.813. The lowest BCUT2D eigenvalue weighted by Gasteiger charge is -2.16. The largest absolute Gasteiger partial charge is 0.451 e. The zero-order valence-electron chi connectivity index (χ0n) is 12.4. The summed E-state index contributed by atoms with van der Waals surface area (Å²) in [7, 11) is 0. The van der Waals surface area contributed by atoms with Gasteiger partial charge in [0.05, 0.1) is 0 Å². The third-order valence-corrected chi connectivity index (χ3v) is 3.44. The van der Waals surface area contributed by atoms with Gasteiger partial charge < -0.3 is 14.8 Å². The molecule has 1 aliphatic heterocycles. The van der Waals surface area contributed by atoms with Crippen LogP contribution in [0.15, 0.2) is 24.3 Å². The predicted molar refractivity (Wildman–Crippen MR) is 77.6 cm³/mol. The van der Waals surface area contributed by atoms with E-state index >= 15 is 0 Å². The highest BCUT2D eigenvalue weighted by molar-refractivity contribution is 5.84. The van der Waals surface area contributed by atoms with Crippen molar-refractivity contribution in [1.29, 1.82) is 0 Å². The van der Waals surface area contributed by atoms with Crippen molar-refractivity contribution in [3.05, 3.63) is 35.4 Å². The fourth-order valence-electron chi connectivity index (χ4n) is 2.11. The second-order valence-corrected chi connectivity index (χ2v) is 5.28. The molecule has 0 spiro atoms. The maximum atomic E-state index is 11.9. The van der Waals surface area contributed by atoms with Crippen molar-refractivity contribution in [2.75, 3.05) is 6.61 Å². The second-order valence-electron chi connectivity index (χ2n) is 5.28. The van der Waals surface area contributed by atoms with E-state index in [1.54, 1.807) is 6.92 Å². The first-order valence-corrected chi connectivity index (χ1v) is 7.21. The number of aryl methyl sites for hydroxylation is 1. The molecule has 1 aliphatic rings. The number of esters is 1. The lowest BCUT2D eigenvalue weighted by atomic mass is 10.1. The van der Waals surface area contributed by atoms with Crippen LogP contribution in [-0.2, 0) is 25.6 Å². The third kappa shape index (κ3) is 4.56. The number of ether oxygens (including phenoxy) is 2. The number of nitrogens with one attached hydrogen (secondary N) is 1. The van der Waals surface area contributed by atoms with Gasteiger partial charge in [-0.3, -0.25) is 4.79 Å². The average Bonchev–Trinajstić information content (AvgIpc) is 3.00. The summed E-state index contributed by atoms with van der Waals surface area (Å²) in [4.78, 5) is 23.6. The molecule has 1 aromatic carbocycles. The molecule has 5 heteroatoms. The zero-order chi connectivity index (χ0) is 15.2. The first-order chi connectivity index (χ1) is 10.1. The summed E-state index contributed by atoms with van der Waals surface area (Å²) in [6, 6.07) is 7.89. The van der Waals surface area contributed by atoms with Gasteiger partial charge in [-0.25, -0.2) is 4.79 Å². The minimum Gasteiger partial charge on any atom is -0.451 e. The van der Waals surface area contributed by atoms with E-state index in [0.717, 1.165) is 12.0 Å². The highest BCUT2D eigenvalue weighted by Crippen LogP contribution is 2.14. The highest BCUT2D eigenvalue weighted by Gasteiger charge is 2.28. The summed E-state index contributed by atoms with van der Waals surface area (Å²) < 4.78 is 10.4. The van der Waals surface area contributed by atoms with E-state index in [1.165, 1.54) is 5.56 Å². The first kappa shape index (κ1) is 15.5. The molecule has 0 aromatic heterocycles. The Bertz CT molecular complexity index is 492. The number of benzene rings is 1. The number of amides is 1. The van der Waals surface area contributed by atoms with E-state index in [1.807, 2.05) is 31.2 Å². The number of hydrogen-bond donors (Lipinski definition) is 1. The van der Waals surface area contributed by atoms with Gasteiger partial charge in [0.25, 0.3) is 5.91 Å². The van der Waals surface area contributed by atoms with Crippen LogP contribution < -0.4 is 5.32 Å². The summed E-state index contributed by atoms with van der Waals surface area (Å²) >= 11 is 0. The van der Waals surface area contributed by atoms with E-state index in [2.05, 4.69) is 5.32 Å². The normalized spacial score (nSPS) is 19.0. The molecule has 0 unspecified atom stereocenters. The molecular weight excluding hydrogens is 270 g/mol. The number of carbonyl (C=O) groups is 2. The Labute approximate surface area is 124 Å². The summed E-state index contributed by atoms with van der Waals surface area (Å²) in [5.41, 5.74) is 2.18. The molecule has 1 N–H and O–H groups in total. The highest BCUT2D eigenvalue weighted by atomic mass is 16.6. The fraction of sp³-hybridized carbons (Fsp3) is 0.500. The topological polar surface area (TPSA) is 64.6 Å². The first-order valence-electron chi connectivity index (χ1n) is 7.21. The van der Waals surface area contributed by atoms with Crippen molar-refractivity contribution in [2.45, 2.75) is 45.4 Å². The molecule has 21 heavy (non-hydrogen) atoms. The van der Waals surface area contributed by atoms with Crippen LogP contribution in [0.3, 0.4) is 0 Å². The third-order valence-electron chi connectivity index (χ3n) is 3.44. The Kier molecular flexibility index (Phi) is 5.33. The van der Waals surface area contributed by atoms with Crippen molar-refractivity contribution in [2.24, 2.45) is 0 Å². The van der Waals surface area contributed by atoms with Gasteiger partial charge >= 0.3 is 5.97 Å². The van der Waals surface area contributed by atoms with E-state index in [4.69, 9.17) is 9.47 Å². The van der Waals surface area contributed by atoms with Gasteiger partial charge in [0.2, 0.25) is 0 Å². The molecule has 1 amide bonds. The molecule has 1 heterocycles. The molecule has 5 nitrogen and oxygen atoms in total. The minimum absolute atomic E-state index is 0.304. The van der Waals surface area contributed by atoms with Gasteiger partial charge in [0, 0.05) is 13.2 Å². The summed E-state index contributed by atoms with van der Waals surface area (Å²) in [5.74, 6) is -0.757. The molecule has 1 fully saturated rings. The maximum Gasteiger partial charge on any atom is 0.336 e. The molecule has 114 valence electrons. The molecule has 1 aromatic rings. The van der Waals surface area contributed by atoms with Crippen LogP contribution in [0.4, 0.5) is 0 Å². The van der Waals surface area contributed by atoms with Gasteiger partial charge in [0.15, 0.2) is 12.2 Å². The molecular formula is C16H21NO4. The fourth-order valence-corrected chi connectivity index (χ4v) is 2.11. The van der Waals surface area contributed by atoms with Crippen LogP contribution >= 0.6 is 0 Å². The average molecular weight is 291 g/mol. The summed E-state index contributed by atoms with van der Waals surface area (Å²) in [5, 5.41) is 2.76. The summed E-state index contributed by atoms with van der Waals surface area (Å²) in [6.45, 7) is 4.57.